The topological polar surface area (TPSA) is 83.1 Å². The van der Waals surface area contributed by atoms with E-state index in [0.717, 1.165) is 29.2 Å². The van der Waals surface area contributed by atoms with Crippen LogP contribution in [0, 0.1) is 0 Å². The Morgan fingerprint density at radius 2 is 1.43 bits per heavy atom. The third kappa shape index (κ3) is 5.17. The number of nitrogens with one attached hydrogen (secondary N) is 3. The number of benzene rings is 2. The molecule has 1 aromatic heterocycles. The van der Waals surface area contributed by atoms with Crippen molar-refractivity contribution in [3.63, 3.8) is 0 Å². The molecule has 1 heterocycles. The minimum atomic E-state index is -0.270. The smallest absolute Gasteiger partial charge is 0.274 e. The van der Waals surface area contributed by atoms with E-state index >= 15 is 0 Å². The number of carbonyl (C=O) groups excluding carboxylic acids is 2. The average Bonchev–Trinajstić information content (AvgIpc) is 2.70. The first kappa shape index (κ1) is 19.1. The second-order valence-electron chi connectivity index (χ2n) is 6.32. The van der Waals surface area contributed by atoms with Gasteiger partial charge in [0, 0.05) is 35.9 Å². The van der Waals surface area contributed by atoms with Gasteiger partial charge in [-0.25, -0.2) is 0 Å². The third-order valence-corrected chi connectivity index (χ3v) is 4.11. The molecule has 3 aromatic rings. The molecule has 0 spiro atoms. The third-order valence-electron chi connectivity index (χ3n) is 4.11. The van der Waals surface area contributed by atoms with Crippen LogP contribution in [0.2, 0.25) is 0 Å². The first-order chi connectivity index (χ1) is 13.5. The predicted octanol–water partition coefficient (Wildman–Crippen LogP) is 4.60. The number of hydrogen-bond donors (Lipinski definition) is 3. The second-order valence-corrected chi connectivity index (χ2v) is 6.32. The van der Waals surface area contributed by atoms with Gasteiger partial charge in [-0.1, -0.05) is 19.1 Å². The molecule has 3 rings (SSSR count). The van der Waals surface area contributed by atoms with Gasteiger partial charge >= 0.3 is 0 Å². The first-order valence-corrected chi connectivity index (χ1v) is 9.04. The van der Waals surface area contributed by atoms with Crippen molar-refractivity contribution in [2.75, 3.05) is 16.0 Å². The van der Waals surface area contributed by atoms with Gasteiger partial charge in [0.25, 0.3) is 5.91 Å². The van der Waals surface area contributed by atoms with E-state index in [2.05, 4.69) is 27.9 Å². The fourth-order valence-corrected chi connectivity index (χ4v) is 2.66. The summed E-state index contributed by atoms with van der Waals surface area (Å²) in [5.74, 6) is -0.385. The van der Waals surface area contributed by atoms with Crippen molar-refractivity contribution in [2.24, 2.45) is 0 Å². The number of hydrogen-bond acceptors (Lipinski definition) is 4. The highest BCUT2D eigenvalue weighted by Gasteiger charge is 2.09. The summed E-state index contributed by atoms with van der Waals surface area (Å²) in [6.45, 7) is 3.55. The predicted molar refractivity (Wildman–Crippen MR) is 112 cm³/mol. The Morgan fingerprint density at radius 1 is 0.821 bits per heavy atom. The van der Waals surface area contributed by atoms with Gasteiger partial charge in [0.05, 0.1) is 0 Å². The van der Waals surface area contributed by atoms with Crippen molar-refractivity contribution in [1.82, 2.24) is 4.98 Å². The summed E-state index contributed by atoms with van der Waals surface area (Å²) in [4.78, 5) is 27.7. The van der Waals surface area contributed by atoms with E-state index in [1.165, 1.54) is 12.5 Å². The van der Waals surface area contributed by atoms with Crippen LogP contribution in [-0.4, -0.2) is 16.8 Å². The normalized spacial score (nSPS) is 10.2. The minimum Gasteiger partial charge on any atom is -0.355 e. The quantitative estimate of drug-likeness (QED) is 0.589. The van der Waals surface area contributed by atoms with Gasteiger partial charge in [0.2, 0.25) is 5.91 Å². The molecule has 0 fully saturated rings. The van der Waals surface area contributed by atoms with E-state index < -0.39 is 0 Å². The number of rotatable bonds is 6. The molecule has 6 nitrogen and oxygen atoms in total. The fourth-order valence-electron chi connectivity index (χ4n) is 2.66. The number of anilines is 4. The Morgan fingerprint density at radius 3 is 2.07 bits per heavy atom. The Labute approximate surface area is 164 Å². The maximum Gasteiger partial charge on any atom is 0.274 e. The van der Waals surface area contributed by atoms with Crippen LogP contribution in [0.15, 0.2) is 66.9 Å². The Kier molecular flexibility index (Phi) is 6.01. The number of nitrogens with zero attached hydrogens (tertiary/aromatic N) is 1. The Bertz CT molecular complexity index is 967. The molecule has 0 aliphatic carbocycles. The highest BCUT2D eigenvalue weighted by molar-refractivity contribution is 6.03. The lowest BCUT2D eigenvalue weighted by atomic mass is 10.1. The van der Waals surface area contributed by atoms with Crippen molar-refractivity contribution in [3.05, 3.63) is 78.1 Å². The number of aryl methyl sites for hydroxylation is 1. The molecule has 0 saturated carbocycles. The molecule has 0 radical (unpaired) electrons. The number of amides is 2. The van der Waals surface area contributed by atoms with Crippen molar-refractivity contribution >= 4 is 34.6 Å². The summed E-state index contributed by atoms with van der Waals surface area (Å²) in [5, 5.41) is 8.80. The molecule has 142 valence electrons. The molecule has 3 N–H and O–H groups in total. The molecule has 0 saturated heterocycles. The van der Waals surface area contributed by atoms with Gasteiger partial charge in [-0.15, -0.1) is 0 Å². The van der Waals surface area contributed by atoms with Crippen LogP contribution in [0.25, 0.3) is 0 Å². The van der Waals surface area contributed by atoms with Gasteiger partial charge in [-0.05, 0) is 60.5 Å². The highest BCUT2D eigenvalue weighted by atomic mass is 16.2. The van der Waals surface area contributed by atoms with Crippen LogP contribution in [0.4, 0.5) is 22.7 Å². The summed E-state index contributed by atoms with van der Waals surface area (Å²) in [5.41, 5.74) is 4.57. The van der Waals surface area contributed by atoms with E-state index in [0.29, 0.717) is 5.69 Å². The van der Waals surface area contributed by atoms with Crippen LogP contribution in [-0.2, 0) is 11.2 Å². The van der Waals surface area contributed by atoms with E-state index in [1.807, 2.05) is 36.4 Å². The molecule has 0 bridgehead atoms. The number of pyridine rings is 1. The molecule has 0 atom stereocenters. The molecule has 2 aromatic carbocycles. The van der Waals surface area contributed by atoms with Crippen LogP contribution in [0.5, 0.6) is 0 Å². The summed E-state index contributed by atoms with van der Waals surface area (Å²) in [7, 11) is 0. The summed E-state index contributed by atoms with van der Waals surface area (Å²) in [6.07, 6.45) is 2.54. The lowest BCUT2D eigenvalue weighted by molar-refractivity contribution is -0.114. The maximum atomic E-state index is 12.5. The summed E-state index contributed by atoms with van der Waals surface area (Å²) in [6, 6.07) is 18.5. The van der Waals surface area contributed by atoms with Gasteiger partial charge in [-0.3, -0.25) is 14.6 Å². The van der Waals surface area contributed by atoms with Gasteiger partial charge < -0.3 is 16.0 Å². The number of aromatic nitrogens is 1. The van der Waals surface area contributed by atoms with Crippen LogP contribution >= 0.6 is 0 Å². The summed E-state index contributed by atoms with van der Waals surface area (Å²) < 4.78 is 0. The van der Waals surface area contributed by atoms with Crippen LogP contribution in [0.1, 0.15) is 29.9 Å². The van der Waals surface area contributed by atoms with Gasteiger partial charge in [-0.2, -0.15) is 0 Å². The van der Waals surface area contributed by atoms with E-state index in [-0.39, 0.29) is 11.8 Å². The van der Waals surface area contributed by atoms with E-state index in [1.54, 1.807) is 30.5 Å². The van der Waals surface area contributed by atoms with Crippen LogP contribution < -0.4 is 16.0 Å². The second kappa shape index (κ2) is 8.81. The minimum absolute atomic E-state index is 0.116. The average molecular weight is 374 g/mol. The van der Waals surface area contributed by atoms with E-state index in [9.17, 15) is 9.59 Å². The summed E-state index contributed by atoms with van der Waals surface area (Å²) >= 11 is 0. The largest absolute Gasteiger partial charge is 0.355 e. The van der Waals surface area contributed by atoms with Gasteiger partial charge in [0.15, 0.2) is 0 Å². The molecule has 0 aliphatic rings. The molecule has 28 heavy (non-hydrogen) atoms. The SMILES string of the molecule is CCc1ccc(NC(=O)c2cc(Nc3ccc(NC(C)=O)cc3)ccn2)cc1. The zero-order valence-corrected chi connectivity index (χ0v) is 15.8. The zero-order valence-electron chi connectivity index (χ0n) is 15.8. The Balaban J connectivity index is 1.67. The standard InChI is InChI=1S/C22H22N4O2/c1-3-16-4-6-19(7-5-16)26-22(28)21-14-20(12-13-23-21)25-18-10-8-17(9-11-18)24-15(2)27/h4-14H,3H2,1-2H3,(H,23,25)(H,24,27)(H,26,28). The fraction of sp³-hybridized carbons (Fsp3) is 0.136. The van der Waals surface area contributed by atoms with Gasteiger partial charge in [0.1, 0.15) is 5.69 Å². The van der Waals surface area contributed by atoms with Crippen LogP contribution in [0.3, 0.4) is 0 Å². The lowest BCUT2D eigenvalue weighted by Gasteiger charge is -2.10. The number of carbonyl (C=O) groups is 2. The van der Waals surface area contributed by atoms with Crippen molar-refractivity contribution in [3.8, 4) is 0 Å². The maximum absolute atomic E-state index is 12.5. The monoisotopic (exact) mass is 374 g/mol. The molecule has 0 unspecified atom stereocenters. The molecular formula is C22H22N4O2. The molecular weight excluding hydrogens is 352 g/mol. The first-order valence-electron chi connectivity index (χ1n) is 9.04. The van der Waals surface area contributed by atoms with Crippen molar-refractivity contribution in [1.29, 1.82) is 0 Å². The van der Waals surface area contributed by atoms with Crippen molar-refractivity contribution < 1.29 is 9.59 Å². The highest BCUT2D eigenvalue weighted by Crippen LogP contribution is 2.20. The van der Waals surface area contributed by atoms with E-state index in [4.69, 9.17) is 0 Å². The molecule has 6 heteroatoms. The zero-order chi connectivity index (χ0) is 19.9. The van der Waals surface area contributed by atoms with Crippen molar-refractivity contribution in [2.45, 2.75) is 20.3 Å². The molecule has 2 amide bonds. The Hall–Kier alpha value is -3.67. The lowest BCUT2D eigenvalue weighted by Crippen LogP contribution is -2.13. The molecule has 0 aliphatic heterocycles.